The van der Waals surface area contributed by atoms with Crippen LogP contribution in [0.2, 0.25) is 0 Å². The van der Waals surface area contributed by atoms with E-state index in [-0.39, 0.29) is 36.5 Å². The molecule has 2 aliphatic rings. The van der Waals surface area contributed by atoms with Crippen molar-refractivity contribution < 1.29 is 27.6 Å². The number of aromatic nitrogens is 1. The van der Waals surface area contributed by atoms with Gasteiger partial charge in [0.25, 0.3) is 5.91 Å². The van der Waals surface area contributed by atoms with Gasteiger partial charge in [0, 0.05) is 25.5 Å². The van der Waals surface area contributed by atoms with E-state index < -0.39 is 41.7 Å². The fraction of sp³-hybridized carbons (Fsp3) is 0.200. The molecule has 0 bridgehead atoms. The molecule has 5 rings (SSSR count). The number of carbonyl (C=O) groups excluding carboxylic acids is 3. The topological polar surface area (TPSA) is 94.6 Å². The van der Waals surface area contributed by atoms with Crippen molar-refractivity contribution in [2.75, 3.05) is 13.1 Å². The molecule has 4 amide bonds. The lowest BCUT2D eigenvalue weighted by Gasteiger charge is -2.33. The highest BCUT2D eigenvalue weighted by atomic mass is 19.4. The SMILES string of the molecule is C=CCN1C(=O)N[C@@H](c2ccccc2C(F)(F)F)C2=C1CN([C@H](C(=O)NCc1cccnc1)c1ccccc1)C2=O. The lowest BCUT2D eigenvalue weighted by Crippen LogP contribution is -2.47. The first-order valence-electron chi connectivity index (χ1n) is 12.8. The Labute approximate surface area is 234 Å². The molecule has 0 fully saturated rings. The predicted molar refractivity (Wildman–Crippen MR) is 144 cm³/mol. The van der Waals surface area contributed by atoms with E-state index in [0.29, 0.717) is 5.56 Å². The number of alkyl halides is 3. The molecule has 0 aliphatic carbocycles. The summed E-state index contributed by atoms with van der Waals surface area (Å²) in [6, 6.07) is 13.8. The van der Waals surface area contributed by atoms with Crippen LogP contribution in [0, 0.1) is 0 Å². The van der Waals surface area contributed by atoms with E-state index in [1.165, 1.54) is 34.1 Å². The fourth-order valence-corrected chi connectivity index (χ4v) is 5.18. The largest absolute Gasteiger partial charge is 0.416 e. The van der Waals surface area contributed by atoms with E-state index >= 15 is 0 Å². The number of nitrogens with zero attached hydrogens (tertiary/aromatic N) is 3. The zero-order valence-electron chi connectivity index (χ0n) is 21.8. The first kappa shape index (κ1) is 27.6. The summed E-state index contributed by atoms with van der Waals surface area (Å²) in [5.41, 5.74) is 0.228. The van der Waals surface area contributed by atoms with Crippen LogP contribution in [0.5, 0.6) is 0 Å². The van der Waals surface area contributed by atoms with Gasteiger partial charge in [0.05, 0.1) is 29.4 Å². The van der Waals surface area contributed by atoms with Crippen molar-refractivity contribution in [2.24, 2.45) is 0 Å². The molecule has 2 N–H and O–H groups in total. The maximum atomic E-state index is 14.1. The van der Waals surface area contributed by atoms with Crippen LogP contribution in [0.25, 0.3) is 0 Å². The molecule has 0 saturated carbocycles. The summed E-state index contributed by atoms with van der Waals surface area (Å²) >= 11 is 0. The van der Waals surface area contributed by atoms with E-state index in [0.717, 1.165) is 11.6 Å². The summed E-state index contributed by atoms with van der Waals surface area (Å²) in [4.78, 5) is 47.5. The van der Waals surface area contributed by atoms with E-state index in [2.05, 4.69) is 22.2 Å². The highest BCUT2D eigenvalue weighted by Crippen LogP contribution is 2.43. The zero-order valence-corrected chi connectivity index (χ0v) is 21.8. The first-order chi connectivity index (χ1) is 19.7. The lowest BCUT2D eigenvalue weighted by atomic mass is 9.91. The van der Waals surface area contributed by atoms with Crippen LogP contribution in [-0.4, -0.2) is 45.7 Å². The van der Waals surface area contributed by atoms with Crippen LogP contribution in [0.3, 0.4) is 0 Å². The van der Waals surface area contributed by atoms with Gasteiger partial charge in [-0.3, -0.25) is 19.5 Å². The Kier molecular flexibility index (Phi) is 7.60. The number of rotatable bonds is 8. The molecule has 3 aromatic rings. The van der Waals surface area contributed by atoms with Crippen LogP contribution in [0.15, 0.2) is 103 Å². The molecule has 2 atom stereocenters. The van der Waals surface area contributed by atoms with E-state index in [4.69, 9.17) is 0 Å². The van der Waals surface area contributed by atoms with Gasteiger partial charge in [-0.25, -0.2) is 4.79 Å². The number of halogens is 3. The molecule has 2 aliphatic heterocycles. The van der Waals surface area contributed by atoms with Crippen LogP contribution < -0.4 is 10.6 Å². The summed E-state index contributed by atoms with van der Waals surface area (Å²) < 4.78 is 42.0. The van der Waals surface area contributed by atoms with Crippen molar-refractivity contribution in [1.29, 1.82) is 0 Å². The van der Waals surface area contributed by atoms with Gasteiger partial charge in [-0.15, -0.1) is 6.58 Å². The minimum atomic E-state index is -4.72. The Hall–Kier alpha value is -4.93. The van der Waals surface area contributed by atoms with Crippen molar-refractivity contribution in [1.82, 2.24) is 25.4 Å². The number of hydrogen-bond acceptors (Lipinski definition) is 4. The molecule has 1 aromatic heterocycles. The molecule has 8 nitrogen and oxygen atoms in total. The number of benzene rings is 2. The van der Waals surface area contributed by atoms with E-state index in [9.17, 15) is 27.6 Å². The molecular formula is C30H26F3N5O3. The Morgan fingerprint density at radius 2 is 1.83 bits per heavy atom. The highest BCUT2D eigenvalue weighted by Gasteiger charge is 2.49. The Morgan fingerprint density at radius 3 is 2.51 bits per heavy atom. The summed E-state index contributed by atoms with van der Waals surface area (Å²) in [5.74, 6) is -1.14. The third kappa shape index (κ3) is 5.43. The molecule has 11 heteroatoms. The van der Waals surface area contributed by atoms with Gasteiger partial charge in [-0.1, -0.05) is 60.7 Å². The van der Waals surface area contributed by atoms with E-state index in [1.54, 1.807) is 54.9 Å². The first-order valence-corrected chi connectivity index (χ1v) is 12.8. The smallest absolute Gasteiger partial charge is 0.350 e. The summed E-state index contributed by atoms with van der Waals surface area (Å²) in [5, 5.41) is 5.42. The number of carbonyl (C=O) groups is 3. The number of pyridine rings is 1. The number of hydrogen-bond donors (Lipinski definition) is 2. The van der Waals surface area contributed by atoms with Gasteiger partial charge < -0.3 is 15.5 Å². The number of urea groups is 1. The Bertz CT molecular complexity index is 1510. The Balaban J connectivity index is 1.56. The third-order valence-electron chi connectivity index (χ3n) is 7.00. The van der Waals surface area contributed by atoms with E-state index in [1.807, 2.05) is 0 Å². The van der Waals surface area contributed by atoms with Gasteiger partial charge in [0.2, 0.25) is 5.91 Å². The molecule has 0 saturated heterocycles. The number of amides is 4. The van der Waals surface area contributed by atoms with Crippen molar-refractivity contribution >= 4 is 17.8 Å². The molecule has 210 valence electrons. The second-order valence-electron chi connectivity index (χ2n) is 9.55. The van der Waals surface area contributed by atoms with Gasteiger partial charge in [-0.2, -0.15) is 13.2 Å². The average molecular weight is 562 g/mol. The Morgan fingerprint density at radius 1 is 1.10 bits per heavy atom. The van der Waals surface area contributed by atoms with Crippen molar-refractivity contribution in [3.63, 3.8) is 0 Å². The summed E-state index contributed by atoms with van der Waals surface area (Å²) in [7, 11) is 0. The van der Waals surface area contributed by atoms with Crippen molar-refractivity contribution in [3.05, 3.63) is 125 Å². The minimum absolute atomic E-state index is 0.0165. The molecule has 3 heterocycles. The highest BCUT2D eigenvalue weighted by molar-refractivity contribution is 6.04. The standard InChI is InChI=1S/C30H26F3N5O3/c1-2-15-37-23-18-38(26(20-10-4-3-5-11-20)27(39)35-17-19-9-8-14-34-16-19)28(40)24(23)25(36-29(37)41)21-12-6-7-13-22(21)30(31,32)33/h2-14,16,25-26H,1,15,17-18H2,(H,35,39)(H,36,41)/t25-,26-/m0/s1. The van der Waals surface area contributed by atoms with Gasteiger partial charge >= 0.3 is 12.2 Å². The second kappa shape index (κ2) is 11.3. The molecular weight excluding hydrogens is 535 g/mol. The maximum Gasteiger partial charge on any atom is 0.416 e. The quantitative estimate of drug-likeness (QED) is 0.396. The average Bonchev–Trinajstić information content (AvgIpc) is 3.30. The summed E-state index contributed by atoms with van der Waals surface area (Å²) in [6.45, 7) is 3.67. The van der Waals surface area contributed by atoms with Crippen LogP contribution in [-0.2, 0) is 22.3 Å². The predicted octanol–water partition coefficient (Wildman–Crippen LogP) is 4.51. The molecule has 2 aromatic carbocycles. The fourth-order valence-electron chi connectivity index (χ4n) is 5.18. The van der Waals surface area contributed by atoms with Crippen molar-refractivity contribution in [2.45, 2.75) is 24.8 Å². The lowest BCUT2D eigenvalue weighted by molar-refractivity contribution is -0.138. The second-order valence-corrected chi connectivity index (χ2v) is 9.55. The third-order valence-corrected chi connectivity index (χ3v) is 7.00. The molecule has 41 heavy (non-hydrogen) atoms. The van der Waals surface area contributed by atoms with Gasteiger partial charge in [-0.05, 0) is 28.8 Å². The van der Waals surface area contributed by atoms with Gasteiger partial charge in [0.15, 0.2) is 0 Å². The maximum absolute atomic E-state index is 14.1. The van der Waals surface area contributed by atoms with Crippen LogP contribution in [0.1, 0.15) is 34.3 Å². The normalized spacial score (nSPS) is 17.7. The minimum Gasteiger partial charge on any atom is -0.350 e. The molecule has 0 spiro atoms. The molecule has 0 unspecified atom stereocenters. The van der Waals surface area contributed by atoms with Crippen LogP contribution >= 0.6 is 0 Å². The van der Waals surface area contributed by atoms with Crippen molar-refractivity contribution in [3.8, 4) is 0 Å². The van der Waals surface area contributed by atoms with Gasteiger partial charge in [0.1, 0.15) is 6.04 Å². The monoisotopic (exact) mass is 561 g/mol. The zero-order chi connectivity index (χ0) is 29.1. The molecule has 0 radical (unpaired) electrons. The summed E-state index contributed by atoms with van der Waals surface area (Å²) in [6.07, 6.45) is -0.0575. The number of nitrogens with one attached hydrogen (secondary N) is 2. The van der Waals surface area contributed by atoms with Crippen LogP contribution in [0.4, 0.5) is 18.0 Å².